The van der Waals surface area contributed by atoms with E-state index in [0.717, 1.165) is 0 Å². The molecule has 0 aromatic heterocycles. The van der Waals surface area contributed by atoms with E-state index in [1.807, 2.05) is 0 Å². The van der Waals surface area contributed by atoms with Gasteiger partial charge in [-0.25, -0.2) is 0 Å². The lowest BCUT2D eigenvalue weighted by atomic mass is 9.95. The number of benzene rings is 2. The summed E-state index contributed by atoms with van der Waals surface area (Å²) in [7, 11) is 0. The fourth-order valence-corrected chi connectivity index (χ4v) is 2.82. The Morgan fingerprint density at radius 1 is 0.824 bits per heavy atom. The minimum atomic E-state index is 0.676. The van der Waals surface area contributed by atoms with Crippen LogP contribution in [-0.2, 0) is 0 Å². The maximum atomic E-state index is 3.72. The largest absolute Gasteiger partial charge is 0.382 e. The van der Waals surface area contributed by atoms with Gasteiger partial charge < -0.3 is 5.32 Å². The van der Waals surface area contributed by atoms with Gasteiger partial charge in [-0.1, -0.05) is 55.7 Å². The minimum Gasteiger partial charge on any atom is -0.382 e. The molecule has 1 aliphatic rings. The molecule has 17 heavy (non-hydrogen) atoms. The van der Waals surface area contributed by atoms with Crippen LogP contribution in [0, 0.1) is 0 Å². The molecule has 0 heterocycles. The van der Waals surface area contributed by atoms with Gasteiger partial charge in [-0.3, -0.25) is 0 Å². The normalized spacial score (nSPS) is 17.2. The lowest BCUT2D eigenvalue weighted by Crippen LogP contribution is -2.22. The molecular weight excluding hydrogens is 206 g/mol. The molecule has 0 radical (unpaired) electrons. The molecular formula is C16H19N. The molecule has 1 heteroatoms. The summed E-state index contributed by atoms with van der Waals surface area (Å²) in [5.41, 5.74) is 1.30. The molecule has 0 aliphatic heterocycles. The van der Waals surface area contributed by atoms with Crippen LogP contribution in [0.2, 0.25) is 0 Å². The van der Waals surface area contributed by atoms with Gasteiger partial charge in [0.2, 0.25) is 0 Å². The van der Waals surface area contributed by atoms with Crippen LogP contribution in [0.15, 0.2) is 42.5 Å². The third kappa shape index (κ3) is 2.28. The Bertz CT molecular complexity index is 492. The van der Waals surface area contributed by atoms with Gasteiger partial charge in [0.15, 0.2) is 0 Å². The first-order valence-electron chi connectivity index (χ1n) is 6.68. The van der Waals surface area contributed by atoms with Crippen LogP contribution in [0.4, 0.5) is 5.69 Å². The zero-order chi connectivity index (χ0) is 11.5. The summed E-state index contributed by atoms with van der Waals surface area (Å²) in [6, 6.07) is 15.8. The summed E-state index contributed by atoms with van der Waals surface area (Å²) in [6.07, 6.45) is 6.81. The number of rotatable bonds is 2. The van der Waals surface area contributed by atoms with Crippen LogP contribution in [0.1, 0.15) is 32.1 Å². The molecule has 2 aromatic carbocycles. The first-order chi connectivity index (χ1) is 8.43. The summed E-state index contributed by atoms with van der Waals surface area (Å²) in [5, 5.41) is 6.40. The highest BCUT2D eigenvalue weighted by Crippen LogP contribution is 2.27. The number of hydrogen-bond donors (Lipinski definition) is 1. The predicted octanol–water partition coefficient (Wildman–Crippen LogP) is 4.58. The van der Waals surface area contributed by atoms with Gasteiger partial charge in [0.1, 0.15) is 0 Å². The number of nitrogens with one attached hydrogen (secondary N) is 1. The Morgan fingerprint density at radius 2 is 1.59 bits per heavy atom. The minimum absolute atomic E-state index is 0.676. The molecule has 88 valence electrons. The standard InChI is InChI=1S/C16H19N/c1-2-9-14(10-3-1)17-16-12-6-8-13-7-4-5-11-15(13)16/h4-8,11-12,14,17H,1-3,9-10H2. The quantitative estimate of drug-likeness (QED) is 0.788. The highest BCUT2D eigenvalue weighted by atomic mass is 14.9. The van der Waals surface area contributed by atoms with Crippen molar-refractivity contribution in [2.45, 2.75) is 38.1 Å². The zero-order valence-corrected chi connectivity index (χ0v) is 10.2. The fourth-order valence-electron chi connectivity index (χ4n) is 2.82. The Morgan fingerprint density at radius 3 is 2.47 bits per heavy atom. The Labute approximate surface area is 103 Å². The van der Waals surface area contributed by atoms with Gasteiger partial charge >= 0.3 is 0 Å². The van der Waals surface area contributed by atoms with Crippen LogP contribution in [0.3, 0.4) is 0 Å². The lowest BCUT2D eigenvalue weighted by molar-refractivity contribution is 0.463. The van der Waals surface area contributed by atoms with E-state index in [1.54, 1.807) is 0 Å². The maximum Gasteiger partial charge on any atom is 0.0422 e. The second-order valence-electron chi connectivity index (χ2n) is 5.01. The highest BCUT2D eigenvalue weighted by Gasteiger charge is 2.13. The van der Waals surface area contributed by atoms with Gasteiger partial charge in [0.05, 0.1) is 0 Å². The van der Waals surface area contributed by atoms with E-state index in [1.165, 1.54) is 48.6 Å². The summed E-state index contributed by atoms with van der Waals surface area (Å²) < 4.78 is 0. The van der Waals surface area contributed by atoms with E-state index in [2.05, 4.69) is 47.8 Å². The first-order valence-corrected chi connectivity index (χ1v) is 6.68. The molecule has 3 rings (SSSR count). The van der Waals surface area contributed by atoms with Crippen molar-refractivity contribution in [2.24, 2.45) is 0 Å². The van der Waals surface area contributed by atoms with Gasteiger partial charge in [0.25, 0.3) is 0 Å². The SMILES string of the molecule is c1ccc2c(NC3CCCCC3)cccc2c1. The number of hydrogen-bond acceptors (Lipinski definition) is 1. The monoisotopic (exact) mass is 225 g/mol. The Hall–Kier alpha value is -1.50. The van der Waals surface area contributed by atoms with Crippen molar-refractivity contribution in [2.75, 3.05) is 5.32 Å². The van der Waals surface area contributed by atoms with Crippen molar-refractivity contribution in [1.82, 2.24) is 0 Å². The second kappa shape index (κ2) is 4.79. The van der Waals surface area contributed by atoms with Gasteiger partial charge in [-0.05, 0) is 24.3 Å². The van der Waals surface area contributed by atoms with Crippen LogP contribution in [0.25, 0.3) is 10.8 Å². The zero-order valence-electron chi connectivity index (χ0n) is 10.2. The van der Waals surface area contributed by atoms with E-state index >= 15 is 0 Å². The molecule has 0 amide bonds. The molecule has 1 aliphatic carbocycles. The predicted molar refractivity (Wildman–Crippen MR) is 74.4 cm³/mol. The van der Waals surface area contributed by atoms with Crippen LogP contribution in [-0.4, -0.2) is 6.04 Å². The Balaban J connectivity index is 1.89. The van der Waals surface area contributed by atoms with Crippen LogP contribution in [0.5, 0.6) is 0 Å². The summed E-state index contributed by atoms with van der Waals surface area (Å²) in [4.78, 5) is 0. The van der Waals surface area contributed by atoms with Crippen LogP contribution < -0.4 is 5.32 Å². The molecule has 0 spiro atoms. The summed E-state index contributed by atoms with van der Waals surface area (Å²) in [5.74, 6) is 0. The summed E-state index contributed by atoms with van der Waals surface area (Å²) >= 11 is 0. The van der Waals surface area contributed by atoms with Gasteiger partial charge in [-0.2, -0.15) is 0 Å². The van der Waals surface area contributed by atoms with Crippen molar-refractivity contribution < 1.29 is 0 Å². The second-order valence-corrected chi connectivity index (χ2v) is 5.01. The van der Waals surface area contributed by atoms with Crippen molar-refractivity contribution in [1.29, 1.82) is 0 Å². The van der Waals surface area contributed by atoms with Crippen LogP contribution >= 0.6 is 0 Å². The third-order valence-corrected chi connectivity index (χ3v) is 3.75. The van der Waals surface area contributed by atoms with E-state index in [0.29, 0.717) is 6.04 Å². The van der Waals surface area contributed by atoms with Crippen molar-refractivity contribution >= 4 is 16.5 Å². The molecule has 1 saturated carbocycles. The number of fused-ring (bicyclic) bond motifs is 1. The van der Waals surface area contributed by atoms with E-state index in [4.69, 9.17) is 0 Å². The smallest absolute Gasteiger partial charge is 0.0422 e. The topological polar surface area (TPSA) is 12.0 Å². The third-order valence-electron chi connectivity index (χ3n) is 3.75. The molecule has 0 unspecified atom stereocenters. The molecule has 2 aromatic rings. The average Bonchev–Trinajstić information content (AvgIpc) is 2.40. The lowest BCUT2D eigenvalue weighted by Gasteiger charge is -2.24. The first kappa shape index (κ1) is 10.6. The highest BCUT2D eigenvalue weighted by molar-refractivity contribution is 5.93. The molecule has 0 bridgehead atoms. The average molecular weight is 225 g/mol. The molecule has 1 N–H and O–H groups in total. The Kier molecular flexibility index (Phi) is 3.00. The van der Waals surface area contributed by atoms with E-state index in [-0.39, 0.29) is 0 Å². The molecule has 1 nitrogen and oxygen atoms in total. The van der Waals surface area contributed by atoms with Gasteiger partial charge in [-0.15, -0.1) is 0 Å². The van der Waals surface area contributed by atoms with Crippen molar-refractivity contribution in [3.05, 3.63) is 42.5 Å². The molecule has 0 atom stereocenters. The fraction of sp³-hybridized carbons (Fsp3) is 0.375. The molecule has 0 saturated heterocycles. The summed E-state index contributed by atoms with van der Waals surface area (Å²) in [6.45, 7) is 0. The van der Waals surface area contributed by atoms with Crippen molar-refractivity contribution in [3.63, 3.8) is 0 Å². The van der Waals surface area contributed by atoms with Crippen molar-refractivity contribution in [3.8, 4) is 0 Å². The van der Waals surface area contributed by atoms with E-state index < -0.39 is 0 Å². The number of anilines is 1. The van der Waals surface area contributed by atoms with Gasteiger partial charge in [0, 0.05) is 17.1 Å². The van der Waals surface area contributed by atoms with E-state index in [9.17, 15) is 0 Å². The maximum absolute atomic E-state index is 3.72. The molecule has 1 fully saturated rings.